The van der Waals surface area contributed by atoms with E-state index < -0.39 is 0 Å². The van der Waals surface area contributed by atoms with Gasteiger partial charge in [-0.2, -0.15) is 5.10 Å². The molecule has 1 aromatic rings. The number of aromatic nitrogens is 2. The van der Waals surface area contributed by atoms with E-state index >= 15 is 0 Å². The molecule has 2 N–H and O–H groups in total. The number of morpholine rings is 1. The molecule has 0 aromatic carbocycles. The number of carbonyl (C=O) groups excluding carboxylic acids is 1. The number of amides is 1. The van der Waals surface area contributed by atoms with Crippen LogP contribution in [0.25, 0.3) is 0 Å². The third-order valence-electron chi connectivity index (χ3n) is 2.95. The van der Waals surface area contributed by atoms with Crippen LogP contribution in [0.3, 0.4) is 0 Å². The summed E-state index contributed by atoms with van der Waals surface area (Å²) in [5, 5.41) is 10.3. The highest BCUT2D eigenvalue weighted by molar-refractivity contribution is 5.81. The zero-order chi connectivity index (χ0) is 13.0. The molecule has 2 rings (SSSR count). The highest BCUT2D eigenvalue weighted by Crippen LogP contribution is 2.01. The van der Waals surface area contributed by atoms with E-state index in [1.807, 2.05) is 24.6 Å². The number of rotatable bonds is 4. The molecule has 0 bridgehead atoms. The van der Waals surface area contributed by atoms with Gasteiger partial charge in [-0.1, -0.05) is 0 Å². The molecular weight excluding hydrogens is 232 g/mol. The van der Waals surface area contributed by atoms with E-state index in [4.69, 9.17) is 4.74 Å². The lowest BCUT2D eigenvalue weighted by molar-refractivity contribution is -0.134. The predicted molar refractivity (Wildman–Crippen MR) is 67.3 cm³/mol. The number of nitrogens with zero attached hydrogens (tertiary/aromatic N) is 2. The summed E-state index contributed by atoms with van der Waals surface area (Å²) in [6.45, 7) is 7.22. The molecule has 1 aromatic heterocycles. The molecule has 6 nitrogen and oxygen atoms in total. The molecular formula is C12H20N4O2. The SMILES string of the molecule is Cc1cc(C)n(CCNC(=O)[C@H]2CNCCO2)n1. The number of ether oxygens (including phenoxy) is 1. The molecule has 1 atom stereocenters. The van der Waals surface area contributed by atoms with Crippen LogP contribution in [0.1, 0.15) is 11.4 Å². The third kappa shape index (κ3) is 3.30. The van der Waals surface area contributed by atoms with Gasteiger partial charge in [0.2, 0.25) is 0 Å². The Hall–Kier alpha value is -1.40. The van der Waals surface area contributed by atoms with Crippen LogP contribution in [0, 0.1) is 13.8 Å². The topological polar surface area (TPSA) is 68.2 Å². The number of aryl methyl sites for hydroxylation is 2. The maximum Gasteiger partial charge on any atom is 0.250 e. The van der Waals surface area contributed by atoms with Crippen molar-refractivity contribution in [3.63, 3.8) is 0 Å². The molecule has 0 spiro atoms. The average molecular weight is 252 g/mol. The van der Waals surface area contributed by atoms with Crippen LogP contribution in [-0.4, -0.2) is 48.0 Å². The van der Waals surface area contributed by atoms with Crippen LogP contribution in [-0.2, 0) is 16.1 Å². The van der Waals surface area contributed by atoms with Gasteiger partial charge < -0.3 is 15.4 Å². The molecule has 6 heteroatoms. The summed E-state index contributed by atoms with van der Waals surface area (Å²) in [5.41, 5.74) is 2.11. The summed E-state index contributed by atoms with van der Waals surface area (Å²) < 4.78 is 7.27. The van der Waals surface area contributed by atoms with Gasteiger partial charge in [0.05, 0.1) is 18.8 Å². The largest absolute Gasteiger partial charge is 0.366 e. The summed E-state index contributed by atoms with van der Waals surface area (Å²) in [5.74, 6) is -0.0521. The lowest BCUT2D eigenvalue weighted by atomic mass is 10.3. The summed E-state index contributed by atoms with van der Waals surface area (Å²) in [6, 6.07) is 2.02. The Bertz CT molecular complexity index is 410. The molecule has 1 aliphatic heterocycles. The predicted octanol–water partition coefficient (Wildman–Crippen LogP) is -0.395. The number of hydrogen-bond acceptors (Lipinski definition) is 4. The van der Waals surface area contributed by atoms with Crippen molar-refractivity contribution in [2.75, 3.05) is 26.2 Å². The first-order valence-electron chi connectivity index (χ1n) is 6.28. The Balaban J connectivity index is 1.74. The third-order valence-corrected chi connectivity index (χ3v) is 2.95. The second-order valence-electron chi connectivity index (χ2n) is 4.50. The average Bonchev–Trinajstić information content (AvgIpc) is 2.69. The number of carbonyl (C=O) groups is 1. The molecule has 1 fully saturated rings. The van der Waals surface area contributed by atoms with Crippen LogP contribution in [0.2, 0.25) is 0 Å². The second-order valence-corrected chi connectivity index (χ2v) is 4.50. The Morgan fingerprint density at radius 2 is 2.50 bits per heavy atom. The fourth-order valence-electron chi connectivity index (χ4n) is 2.03. The zero-order valence-corrected chi connectivity index (χ0v) is 10.9. The van der Waals surface area contributed by atoms with Crippen molar-refractivity contribution < 1.29 is 9.53 Å². The van der Waals surface area contributed by atoms with Crippen LogP contribution in [0.4, 0.5) is 0 Å². The lowest BCUT2D eigenvalue weighted by Gasteiger charge is -2.22. The smallest absolute Gasteiger partial charge is 0.250 e. The Labute approximate surface area is 107 Å². The molecule has 18 heavy (non-hydrogen) atoms. The molecule has 0 unspecified atom stereocenters. The van der Waals surface area contributed by atoms with Gasteiger partial charge >= 0.3 is 0 Å². The Kier molecular flexibility index (Phi) is 4.33. The second kappa shape index (κ2) is 5.97. The van der Waals surface area contributed by atoms with Crippen molar-refractivity contribution in [3.05, 3.63) is 17.5 Å². The van der Waals surface area contributed by atoms with E-state index in [1.165, 1.54) is 0 Å². The summed E-state index contributed by atoms with van der Waals surface area (Å²) >= 11 is 0. The first-order chi connectivity index (χ1) is 8.66. The van der Waals surface area contributed by atoms with Crippen molar-refractivity contribution in [1.82, 2.24) is 20.4 Å². The minimum atomic E-state index is -0.362. The van der Waals surface area contributed by atoms with E-state index in [0.717, 1.165) is 17.9 Å². The van der Waals surface area contributed by atoms with Gasteiger partial charge in [0.25, 0.3) is 5.91 Å². The van der Waals surface area contributed by atoms with Crippen molar-refractivity contribution in [2.45, 2.75) is 26.5 Å². The Morgan fingerprint density at radius 1 is 1.67 bits per heavy atom. The summed E-state index contributed by atoms with van der Waals surface area (Å²) in [6.07, 6.45) is -0.362. The molecule has 0 radical (unpaired) electrons. The maximum absolute atomic E-state index is 11.8. The van der Waals surface area contributed by atoms with E-state index in [9.17, 15) is 4.79 Å². The fraction of sp³-hybridized carbons (Fsp3) is 0.667. The minimum absolute atomic E-state index is 0.0521. The molecule has 2 heterocycles. The van der Waals surface area contributed by atoms with Gasteiger partial charge in [0.1, 0.15) is 6.10 Å². The molecule has 1 amide bonds. The van der Waals surface area contributed by atoms with Gasteiger partial charge in [0, 0.05) is 25.3 Å². The monoisotopic (exact) mass is 252 g/mol. The molecule has 100 valence electrons. The van der Waals surface area contributed by atoms with E-state index in [0.29, 0.717) is 26.2 Å². The van der Waals surface area contributed by atoms with Crippen molar-refractivity contribution in [1.29, 1.82) is 0 Å². The summed E-state index contributed by atoms with van der Waals surface area (Å²) in [4.78, 5) is 11.8. The summed E-state index contributed by atoms with van der Waals surface area (Å²) in [7, 11) is 0. The van der Waals surface area contributed by atoms with Gasteiger partial charge in [-0.3, -0.25) is 9.48 Å². The minimum Gasteiger partial charge on any atom is -0.366 e. The molecule has 0 aliphatic carbocycles. The van der Waals surface area contributed by atoms with E-state index in [2.05, 4.69) is 15.7 Å². The van der Waals surface area contributed by atoms with Gasteiger partial charge in [-0.05, 0) is 19.9 Å². The molecule has 1 saturated heterocycles. The van der Waals surface area contributed by atoms with Crippen molar-refractivity contribution in [3.8, 4) is 0 Å². The van der Waals surface area contributed by atoms with E-state index in [-0.39, 0.29) is 12.0 Å². The van der Waals surface area contributed by atoms with Crippen LogP contribution in [0.15, 0.2) is 6.07 Å². The van der Waals surface area contributed by atoms with Crippen LogP contribution < -0.4 is 10.6 Å². The molecule has 1 aliphatic rings. The normalized spacial score (nSPS) is 19.8. The number of hydrogen-bond donors (Lipinski definition) is 2. The van der Waals surface area contributed by atoms with E-state index in [1.54, 1.807) is 0 Å². The highest BCUT2D eigenvalue weighted by atomic mass is 16.5. The first-order valence-corrected chi connectivity index (χ1v) is 6.28. The maximum atomic E-state index is 11.8. The van der Waals surface area contributed by atoms with Crippen LogP contribution >= 0.6 is 0 Å². The standard InChI is InChI=1S/C12H20N4O2/c1-9-7-10(2)16(15-9)5-3-14-12(17)11-8-13-4-6-18-11/h7,11,13H,3-6,8H2,1-2H3,(H,14,17)/t11-/m1/s1. The van der Waals surface area contributed by atoms with Gasteiger partial charge in [-0.15, -0.1) is 0 Å². The van der Waals surface area contributed by atoms with Crippen molar-refractivity contribution >= 4 is 5.91 Å². The van der Waals surface area contributed by atoms with Gasteiger partial charge in [0.15, 0.2) is 0 Å². The molecule has 0 saturated carbocycles. The first kappa shape index (κ1) is 13.0. The fourth-order valence-corrected chi connectivity index (χ4v) is 2.03. The highest BCUT2D eigenvalue weighted by Gasteiger charge is 2.20. The van der Waals surface area contributed by atoms with Crippen molar-refractivity contribution in [2.24, 2.45) is 0 Å². The van der Waals surface area contributed by atoms with Gasteiger partial charge in [-0.25, -0.2) is 0 Å². The Morgan fingerprint density at radius 3 is 3.11 bits per heavy atom. The number of nitrogens with one attached hydrogen (secondary N) is 2. The van der Waals surface area contributed by atoms with Crippen LogP contribution in [0.5, 0.6) is 0 Å². The quantitative estimate of drug-likeness (QED) is 0.765. The zero-order valence-electron chi connectivity index (χ0n) is 10.9. The lowest BCUT2D eigenvalue weighted by Crippen LogP contribution is -2.48.